The molecule has 1 saturated carbocycles. The molecule has 1 aliphatic carbocycles. The zero-order chi connectivity index (χ0) is 9.47. The zero-order valence-electron chi connectivity index (χ0n) is 7.13. The molecular weight excluding hydrogens is 250 g/mol. The fourth-order valence-corrected chi connectivity index (χ4v) is 3.11. The van der Waals surface area contributed by atoms with Crippen molar-refractivity contribution in [3.63, 3.8) is 0 Å². The fraction of sp³-hybridized carbons (Fsp3) is 0.444. The lowest BCUT2D eigenvalue weighted by molar-refractivity contribution is 0.425. The Balaban J connectivity index is 2.38. The smallest absolute Gasteiger partial charge is 0.188 e. The van der Waals surface area contributed by atoms with Crippen LogP contribution >= 0.6 is 27.3 Å². The van der Waals surface area contributed by atoms with E-state index in [1.165, 1.54) is 0 Å². The minimum atomic E-state index is -0.191. The second kappa shape index (κ2) is 3.00. The summed E-state index contributed by atoms with van der Waals surface area (Å²) >= 11 is 4.96. The molecule has 2 rings (SSSR count). The highest BCUT2D eigenvalue weighted by Gasteiger charge is 2.46. The average Bonchev–Trinajstić information content (AvgIpc) is 2.85. The molecule has 1 fully saturated rings. The van der Waals surface area contributed by atoms with Crippen LogP contribution in [0.3, 0.4) is 0 Å². The Hall–Kier alpha value is -0.530. The van der Waals surface area contributed by atoms with Crippen molar-refractivity contribution in [2.24, 2.45) is 0 Å². The van der Waals surface area contributed by atoms with E-state index in [9.17, 15) is 0 Å². The van der Waals surface area contributed by atoms with E-state index in [1.807, 2.05) is 6.07 Å². The molecule has 0 spiro atoms. The van der Waals surface area contributed by atoms with E-state index in [2.05, 4.69) is 22.0 Å². The third kappa shape index (κ3) is 1.36. The summed E-state index contributed by atoms with van der Waals surface area (Å²) < 4.78 is 6.11. The van der Waals surface area contributed by atoms with Crippen LogP contribution in [-0.4, -0.2) is 7.11 Å². The molecule has 0 aromatic carbocycles. The number of nitrogens with zero attached hydrogens (tertiary/aromatic N) is 1. The second-order valence-electron chi connectivity index (χ2n) is 3.14. The summed E-state index contributed by atoms with van der Waals surface area (Å²) in [7, 11) is 1.65. The number of hydrogen-bond acceptors (Lipinski definition) is 3. The van der Waals surface area contributed by atoms with Gasteiger partial charge in [-0.25, -0.2) is 0 Å². The van der Waals surface area contributed by atoms with Gasteiger partial charge in [0.25, 0.3) is 0 Å². The Kier molecular flexibility index (Phi) is 2.09. The van der Waals surface area contributed by atoms with E-state index in [-0.39, 0.29) is 5.41 Å². The lowest BCUT2D eigenvalue weighted by Gasteiger charge is -1.98. The average molecular weight is 258 g/mol. The number of thiophene rings is 1. The maximum Gasteiger partial charge on any atom is 0.188 e. The zero-order valence-corrected chi connectivity index (χ0v) is 9.54. The number of ether oxygens (including phenoxy) is 1. The predicted octanol–water partition coefficient (Wildman–Crippen LogP) is 3.07. The molecule has 1 aromatic rings. The Bertz CT molecular complexity index is 375. The number of rotatable bonds is 2. The maximum absolute atomic E-state index is 8.98. The molecule has 1 heterocycles. The molecule has 4 heteroatoms. The van der Waals surface area contributed by atoms with Crippen molar-refractivity contribution >= 4 is 27.3 Å². The van der Waals surface area contributed by atoms with Gasteiger partial charge in [-0.15, -0.1) is 11.3 Å². The minimum absolute atomic E-state index is 0.191. The summed E-state index contributed by atoms with van der Waals surface area (Å²) in [5, 5.41) is 9.84. The Labute approximate surface area is 89.3 Å². The second-order valence-corrected chi connectivity index (χ2v) is 5.01. The van der Waals surface area contributed by atoms with Gasteiger partial charge in [0.1, 0.15) is 0 Å². The maximum atomic E-state index is 8.98. The van der Waals surface area contributed by atoms with Crippen molar-refractivity contribution in [3.8, 4) is 11.1 Å². The molecule has 2 nitrogen and oxygen atoms in total. The summed E-state index contributed by atoms with van der Waals surface area (Å²) in [5.74, 6) is 0. The van der Waals surface area contributed by atoms with E-state index in [0.717, 1.165) is 27.3 Å². The van der Waals surface area contributed by atoms with Gasteiger partial charge in [-0.3, -0.25) is 0 Å². The van der Waals surface area contributed by atoms with E-state index < -0.39 is 0 Å². The van der Waals surface area contributed by atoms with Crippen LogP contribution in [0, 0.1) is 11.3 Å². The molecule has 0 unspecified atom stereocenters. The van der Waals surface area contributed by atoms with E-state index >= 15 is 0 Å². The summed E-state index contributed by atoms with van der Waals surface area (Å²) in [6, 6.07) is 4.37. The predicted molar refractivity (Wildman–Crippen MR) is 55.1 cm³/mol. The van der Waals surface area contributed by atoms with Crippen LogP contribution in [-0.2, 0) is 5.41 Å². The molecule has 0 N–H and O–H groups in total. The van der Waals surface area contributed by atoms with Crippen LogP contribution in [0.4, 0.5) is 0 Å². The first-order valence-electron chi connectivity index (χ1n) is 3.97. The van der Waals surface area contributed by atoms with Crippen molar-refractivity contribution in [1.82, 2.24) is 0 Å². The van der Waals surface area contributed by atoms with Gasteiger partial charge in [-0.1, -0.05) is 0 Å². The highest BCUT2D eigenvalue weighted by atomic mass is 79.9. The standard InChI is InChI=1S/C9H8BrNOS/c1-12-8-6(10)4-7(13-8)9(5-11)2-3-9/h4H,2-3H2,1H3. The number of hydrogen-bond donors (Lipinski definition) is 0. The molecule has 0 saturated heterocycles. The molecule has 0 radical (unpaired) electrons. The van der Waals surface area contributed by atoms with Crippen LogP contribution in [0.15, 0.2) is 10.5 Å². The van der Waals surface area contributed by atoms with Crippen molar-refractivity contribution in [3.05, 3.63) is 15.4 Å². The van der Waals surface area contributed by atoms with Gasteiger partial charge < -0.3 is 4.74 Å². The van der Waals surface area contributed by atoms with Gasteiger partial charge in [0.05, 0.1) is 23.1 Å². The number of nitriles is 1. The Morgan fingerprint density at radius 3 is 2.77 bits per heavy atom. The largest absolute Gasteiger partial charge is 0.486 e. The quantitative estimate of drug-likeness (QED) is 0.816. The van der Waals surface area contributed by atoms with E-state index in [0.29, 0.717) is 0 Å². The molecule has 1 aliphatic rings. The van der Waals surface area contributed by atoms with E-state index in [4.69, 9.17) is 10.00 Å². The molecule has 1 aromatic heterocycles. The van der Waals surface area contributed by atoms with Crippen LogP contribution in [0.1, 0.15) is 17.7 Å². The molecule has 13 heavy (non-hydrogen) atoms. The van der Waals surface area contributed by atoms with Gasteiger partial charge in [0, 0.05) is 4.88 Å². The Morgan fingerprint density at radius 2 is 2.38 bits per heavy atom. The minimum Gasteiger partial charge on any atom is -0.486 e. The molecule has 68 valence electrons. The van der Waals surface area contributed by atoms with Crippen LogP contribution in [0.5, 0.6) is 5.06 Å². The van der Waals surface area contributed by atoms with Crippen LogP contribution in [0.25, 0.3) is 0 Å². The SMILES string of the molecule is COc1sc(C2(C#N)CC2)cc1Br. The van der Waals surface area contributed by atoms with Crippen LogP contribution in [0.2, 0.25) is 0 Å². The van der Waals surface area contributed by atoms with Crippen LogP contribution < -0.4 is 4.74 Å². The molecular formula is C9H8BrNOS. The summed E-state index contributed by atoms with van der Waals surface area (Å²) in [6.07, 6.45) is 1.97. The van der Waals surface area contributed by atoms with Gasteiger partial charge in [-0.05, 0) is 34.8 Å². The number of halogens is 1. The van der Waals surface area contributed by atoms with Gasteiger partial charge in [-0.2, -0.15) is 5.26 Å². The normalized spacial score (nSPS) is 17.9. The Morgan fingerprint density at radius 1 is 1.69 bits per heavy atom. The summed E-state index contributed by atoms with van der Waals surface area (Å²) in [4.78, 5) is 1.12. The fourth-order valence-electron chi connectivity index (χ4n) is 1.27. The topological polar surface area (TPSA) is 33.0 Å². The van der Waals surface area contributed by atoms with Gasteiger partial charge in [0.2, 0.25) is 0 Å². The van der Waals surface area contributed by atoms with Crippen molar-refractivity contribution < 1.29 is 4.74 Å². The monoisotopic (exact) mass is 257 g/mol. The first kappa shape index (κ1) is 9.04. The lowest BCUT2D eigenvalue weighted by atomic mass is 10.1. The number of methoxy groups -OCH3 is 1. The summed E-state index contributed by atoms with van der Waals surface area (Å²) in [6.45, 7) is 0. The first-order valence-corrected chi connectivity index (χ1v) is 5.58. The summed E-state index contributed by atoms with van der Waals surface area (Å²) in [5.41, 5.74) is -0.191. The highest BCUT2D eigenvalue weighted by molar-refractivity contribution is 9.10. The molecule has 0 amide bonds. The highest BCUT2D eigenvalue weighted by Crippen LogP contribution is 2.52. The van der Waals surface area contributed by atoms with Gasteiger partial charge in [0.15, 0.2) is 5.06 Å². The first-order chi connectivity index (χ1) is 6.22. The molecule has 0 atom stereocenters. The third-order valence-electron chi connectivity index (χ3n) is 2.28. The van der Waals surface area contributed by atoms with Crippen molar-refractivity contribution in [1.29, 1.82) is 5.26 Å². The van der Waals surface area contributed by atoms with Gasteiger partial charge >= 0.3 is 0 Å². The van der Waals surface area contributed by atoms with Crippen molar-refractivity contribution in [2.45, 2.75) is 18.3 Å². The third-order valence-corrected chi connectivity index (χ3v) is 4.43. The van der Waals surface area contributed by atoms with Crippen molar-refractivity contribution in [2.75, 3.05) is 7.11 Å². The molecule has 0 aliphatic heterocycles. The lowest BCUT2D eigenvalue weighted by Crippen LogP contribution is -1.97. The molecule has 0 bridgehead atoms. The van der Waals surface area contributed by atoms with E-state index in [1.54, 1.807) is 18.4 Å².